The van der Waals surface area contributed by atoms with Crippen LogP contribution in [-0.4, -0.2) is 52.0 Å². The third-order valence-corrected chi connectivity index (χ3v) is 5.57. The highest BCUT2D eigenvalue weighted by molar-refractivity contribution is 7.13. The molecule has 8 nitrogen and oxygen atoms in total. The number of rotatable bonds is 4. The van der Waals surface area contributed by atoms with Gasteiger partial charge in [0.1, 0.15) is 11.4 Å². The molecule has 1 amide bonds. The lowest BCUT2D eigenvalue weighted by molar-refractivity contribution is 0.101. The Morgan fingerprint density at radius 2 is 1.93 bits per heavy atom. The van der Waals surface area contributed by atoms with E-state index in [4.69, 9.17) is 4.74 Å². The average molecular weight is 398 g/mol. The van der Waals surface area contributed by atoms with Gasteiger partial charge < -0.3 is 15.0 Å². The summed E-state index contributed by atoms with van der Waals surface area (Å²) in [4.78, 5) is 25.2. The van der Waals surface area contributed by atoms with Crippen LogP contribution < -0.4 is 10.2 Å². The second kappa shape index (κ2) is 7.69. The number of nitrogens with zero attached hydrogens (tertiary/aromatic N) is 5. The third kappa shape index (κ3) is 3.63. The monoisotopic (exact) mass is 398 g/mol. The minimum atomic E-state index is -0.230. The van der Waals surface area contributed by atoms with Crippen LogP contribution in [0.15, 0.2) is 23.6 Å². The maximum Gasteiger partial charge on any atom is 0.274 e. The summed E-state index contributed by atoms with van der Waals surface area (Å²) in [7, 11) is 1.77. The second-order valence-electron chi connectivity index (χ2n) is 6.64. The van der Waals surface area contributed by atoms with Gasteiger partial charge in [0.05, 0.1) is 35.2 Å². The molecule has 9 heteroatoms. The van der Waals surface area contributed by atoms with Crippen LogP contribution in [0.5, 0.6) is 0 Å². The maximum absolute atomic E-state index is 12.9. The van der Waals surface area contributed by atoms with Gasteiger partial charge in [-0.2, -0.15) is 5.10 Å². The lowest BCUT2D eigenvalue weighted by Crippen LogP contribution is -2.37. The Morgan fingerprint density at radius 3 is 2.57 bits per heavy atom. The van der Waals surface area contributed by atoms with Crippen molar-refractivity contribution < 1.29 is 9.53 Å². The van der Waals surface area contributed by atoms with Crippen LogP contribution in [0.2, 0.25) is 0 Å². The number of thiophene rings is 1. The highest BCUT2D eigenvalue weighted by Gasteiger charge is 2.20. The highest BCUT2D eigenvalue weighted by Crippen LogP contribution is 2.25. The van der Waals surface area contributed by atoms with Gasteiger partial charge in [0.15, 0.2) is 0 Å². The number of morpholine rings is 1. The zero-order valence-corrected chi connectivity index (χ0v) is 16.9. The molecule has 3 aromatic heterocycles. The SMILES string of the molecule is Cc1nc(N2CCOCC2)nc(C)c1NC(=O)c1cc(-c2cccs2)nn1C. The molecule has 1 fully saturated rings. The largest absolute Gasteiger partial charge is 0.378 e. The van der Waals surface area contributed by atoms with E-state index in [1.165, 1.54) is 0 Å². The van der Waals surface area contributed by atoms with E-state index in [0.29, 0.717) is 30.5 Å². The van der Waals surface area contributed by atoms with Crippen LogP contribution in [-0.2, 0) is 11.8 Å². The first kappa shape index (κ1) is 18.6. The van der Waals surface area contributed by atoms with Gasteiger partial charge in [-0.05, 0) is 31.4 Å². The molecule has 28 heavy (non-hydrogen) atoms. The molecule has 1 aliphatic heterocycles. The van der Waals surface area contributed by atoms with E-state index in [0.717, 1.165) is 35.0 Å². The number of carbonyl (C=O) groups excluding carboxylic acids is 1. The summed E-state index contributed by atoms with van der Waals surface area (Å²) in [5.74, 6) is 0.448. The van der Waals surface area contributed by atoms with Gasteiger partial charge in [-0.1, -0.05) is 6.07 Å². The van der Waals surface area contributed by atoms with Crippen molar-refractivity contribution in [2.75, 3.05) is 36.5 Å². The molecule has 4 heterocycles. The van der Waals surface area contributed by atoms with Crippen LogP contribution in [0.3, 0.4) is 0 Å². The lowest BCUT2D eigenvalue weighted by atomic mass is 10.2. The van der Waals surface area contributed by atoms with Crippen LogP contribution in [0.25, 0.3) is 10.6 Å². The van der Waals surface area contributed by atoms with E-state index in [9.17, 15) is 4.79 Å². The molecule has 0 unspecified atom stereocenters. The fraction of sp³-hybridized carbons (Fsp3) is 0.368. The quantitative estimate of drug-likeness (QED) is 0.727. The predicted octanol–water partition coefficient (Wildman–Crippen LogP) is 2.64. The Hall–Kier alpha value is -2.78. The fourth-order valence-electron chi connectivity index (χ4n) is 3.19. The van der Waals surface area contributed by atoms with Crippen molar-refractivity contribution in [1.29, 1.82) is 0 Å². The number of amides is 1. The minimum Gasteiger partial charge on any atom is -0.378 e. The molecule has 0 spiro atoms. The Balaban J connectivity index is 1.56. The van der Waals surface area contributed by atoms with Crippen LogP contribution in [0.1, 0.15) is 21.9 Å². The number of hydrogen-bond donors (Lipinski definition) is 1. The van der Waals surface area contributed by atoms with E-state index >= 15 is 0 Å². The second-order valence-corrected chi connectivity index (χ2v) is 7.59. The maximum atomic E-state index is 12.9. The number of hydrogen-bond acceptors (Lipinski definition) is 7. The van der Waals surface area contributed by atoms with E-state index in [1.807, 2.05) is 31.4 Å². The van der Waals surface area contributed by atoms with Gasteiger partial charge in [0, 0.05) is 20.1 Å². The van der Waals surface area contributed by atoms with Crippen molar-refractivity contribution in [2.45, 2.75) is 13.8 Å². The van der Waals surface area contributed by atoms with E-state index in [1.54, 1.807) is 29.1 Å². The summed E-state index contributed by atoms with van der Waals surface area (Å²) in [5.41, 5.74) is 3.39. The van der Waals surface area contributed by atoms with Gasteiger partial charge in [-0.3, -0.25) is 9.48 Å². The standard InChI is InChI=1S/C19H22N6O2S/c1-12-17(13(2)21-19(20-12)25-6-8-27-9-7-25)22-18(26)15-11-14(23-24(15)3)16-5-4-10-28-16/h4-5,10-11H,6-9H2,1-3H3,(H,22,26). The predicted molar refractivity (Wildman–Crippen MR) is 109 cm³/mol. The van der Waals surface area contributed by atoms with Crippen LogP contribution >= 0.6 is 11.3 Å². The van der Waals surface area contributed by atoms with E-state index < -0.39 is 0 Å². The molecule has 3 aromatic rings. The Labute approximate surface area is 167 Å². The van der Waals surface area contributed by atoms with E-state index in [-0.39, 0.29) is 5.91 Å². The Bertz CT molecular complexity index is 969. The Kier molecular flexibility index (Phi) is 5.10. The molecule has 0 atom stereocenters. The number of carbonyl (C=O) groups is 1. The van der Waals surface area contributed by atoms with Crippen molar-refractivity contribution in [1.82, 2.24) is 19.7 Å². The molecule has 0 radical (unpaired) electrons. The molecule has 4 rings (SSSR count). The van der Waals surface area contributed by atoms with Crippen molar-refractivity contribution >= 4 is 28.9 Å². The van der Waals surface area contributed by atoms with Crippen molar-refractivity contribution in [3.8, 4) is 10.6 Å². The molecule has 1 N–H and O–H groups in total. The summed E-state index contributed by atoms with van der Waals surface area (Å²) in [6.07, 6.45) is 0. The molecule has 1 aliphatic rings. The minimum absolute atomic E-state index is 0.230. The van der Waals surface area contributed by atoms with Gasteiger partial charge in [-0.15, -0.1) is 11.3 Å². The zero-order chi connectivity index (χ0) is 19.7. The number of nitrogens with one attached hydrogen (secondary N) is 1. The number of aromatic nitrogens is 4. The van der Waals surface area contributed by atoms with Gasteiger partial charge in [-0.25, -0.2) is 9.97 Å². The molecular formula is C19H22N6O2S. The highest BCUT2D eigenvalue weighted by atomic mass is 32.1. The number of ether oxygens (including phenoxy) is 1. The molecule has 0 aliphatic carbocycles. The van der Waals surface area contributed by atoms with Crippen molar-refractivity contribution in [3.05, 3.63) is 40.7 Å². The molecule has 0 aromatic carbocycles. The lowest BCUT2D eigenvalue weighted by Gasteiger charge is -2.27. The summed E-state index contributed by atoms with van der Waals surface area (Å²) in [5, 5.41) is 9.40. The first-order valence-corrected chi connectivity index (χ1v) is 9.98. The zero-order valence-electron chi connectivity index (χ0n) is 16.1. The van der Waals surface area contributed by atoms with Crippen molar-refractivity contribution in [3.63, 3.8) is 0 Å². The number of aryl methyl sites for hydroxylation is 3. The van der Waals surface area contributed by atoms with Crippen LogP contribution in [0, 0.1) is 13.8 Å². The normalized spacial score (nSPS) is 14.3. The first-order valence-electron chi connectivity index (χ1n) is 9.10. The smallest absolute Gasteiger partial charge is 0.274 e. The molecular weight excluding hydrogens is 376 g/mol. The summed E-state index contributed by atoms with van der Waals surface area (Å²) in [6, 6.07) is 5.75. The van der Waals surface area contributed by atoms with Crippen LogP contribution in [0.4, 0.5) is 11.6 Å². The molecule has 0 bridgehead atoms. The molecule has 0 saturated carbocycles. The van der Waals surface area contributed by atoms with Gasteiger partial charge >= 0.3 is 0 Å². The van der Waals surface area contributed by atoms with E-state index in [2.05, 4.69) is 25.3 Å². The van der Waals surface area contributed by atoms with Crippen molar-refractivity contribution in [2.24, 2.45) is 7.05 Å². The topological polar surface area (TPSA) is 85.2 Å². The summed E-state index contributed by atoms with van der Waals surface area (Å²) in [6.45, 7) is 6.65. The molecule has 146 valence electrons. The summed E-state index contributed by atoms with van der Waals surface area (Å²) < 4.78 is 6.98. The molecule has 1 saturated heterocycles. The average Bonchev–Trinajstić information content (AvgIpc) is 3.34. The van der Waals surface area contributed by atoms with Gasteiger partial charge in [0.2, 0.25) is 5.95 Å². The summed E-state index contributed by atoms with van der Waals surface area (Å²) >= 11 is 1.59. The Morgan fingerprint density at radius 1 is 1.21 bits per heavy atom. The first-order chi connectivity index (χ1) is 13.5. The third-order valence-electron chi connectivity index (χ3n) is 4.68. The van der Waals surface area contributed by atoms with Gasteiger partial charge in [0.25, 0.3) is 5.91 Å². The fourth-order valence-corrected chi connectivity index (χ4v) is 3.87. The number of anilines is 2.